The lowest BCUT2D eigenvalue weighted by Gasteiger charge is -2.39. The Kier molecular flexibility index (Phi) is 4.82. The molecule has 0 amide bonds. The molecular formula is C19H27NO2. The lowest BCUT2D eigenvalue weighted by Crippen LogP contribution is -2.44. The fourth-order valence-electron chi connectivity index (χ4n) is 3.79. The number of esters is 1. The number of nitrogens with one attached hydrogen (secondary N) is 1. The first-order valence-electron chi connectivity index (χ1n) is 8.69. The van der Waals surface area contributed by atoms with Gasteiger partial charge in [0.1, 0.15) is 5.60 Å². The number of carbonyl (C=O) groups is 1. The van der Waals surface area contributed by atoms with Crippen molar-refractivity contribution in [2.45, 2.75) is 51.0 Å². The molecule has 0 bridgehead atoms. The summed E-state index contributed by atoms with van der Waals surface area (Å²) in [7, 11) is 0. The largest absolute Gasteiger partial charge is 0.454 e. The maximum absolute atomic E-state index is 12.7. The molecule has 3 nitrogen and oxygen atoms in total. The van der Waals surface area contributed by atoms with Gasteiger partial charge in [-0.25, -0.2) is 0 Å². The predicted octanol–water partition coefficient (Wildman–Crippen LogP) is 3.63. The third-order valence-corrected chi connectivity index (χ3v) is 5.36. The van der Waals surface area contributed by atoms with E-state index in [-0.39, 0.29) is 11.9 Å². The van der Waals surface area contributed by atoms with Crippen LogP contribution in [0.15, 0.2) is 30.3 Å². The van der Waals surface area contributed by atoms with Gasteiger partial charge in [-0.3, -0.25) is 4.79 Å². The molecule has 1 aromatic carbocycles. The third-order valence-electron chi connectivity index (χ3n) is 5.36. The highest BCUT2D eigenvalue weighted by molar-refractivity contribution is 5.73. The molecule has 1 aliphatic heterocycles. The molecule has 1 aliphatic carbocycles. The SMILES string of the molecule is CC1CCC(C(=O)OC2(c3ccccc3)CCNCC2)CC1. The lowest BCUT2D eigenvalue weighted by molar-refractivity contribution is -0.171. The van der Waals surface area contributed by atoms with Crippen LogP contribution in [-0.2, 0) is 15.1 Å². The van der Waals surface area contributed by atoms with Gasteiger partial charge < -0.3 is 10.1 Å². The average molecular weight is 301 g/mol. The molecule has 22 heavy (non-hydrogen) atoms. The minimum atomic E-state index is -0.424. The molecule has 1 saturated carbocycles. The topological polar surface area (TPSA) is 38.3 Å². The molecule has 1 aromatic rings. The van der Waals surface area contributed by atoms with E-state index in [1.807, 2.05) is 18.2 Å². The molecule has 3 rings (SSSR count). The van der Waals surface area contributed by atoms with Crippen LogP contribution in [0.4, 0.5) is 0 Å². The third kappa shape index (κ3) is 3.35. The Hall–Kier alpha value is -1.35. The van der Waals surface area contributed by atoms with Crippen LogP contribution >= 0.6 is 0 Å². The van der Waals surface area contributed by atoms with Crippen LogP contribution in [0.25, 0.3) is 0 Å². The molecule has 2 aliphatic rings. The second kappa shape index (κ2) is 6.82. The number of benzene rings is 1. The maximum Gasteiger partial charge on any atom is 0.309 e. The van der Waals surface area contributed by atoms with E-state index in [1.54, 1.807) is 0 Å². The number of rotatable bonds is 3. The predicted molar refractivity (Wildman–Crippen MR) is 87.4 cm³/mol. The average Bonchev–Trinajstić information content (AvgIpc) is 2.57. The molecule has 0 atom stereocenters. The van der Waals surface area contributed by atoms with Crippen LogP contribution in [0.1, 0.15) is 51.0 Å². The first kappa shape index (κ1) is 15.5. The highest BCUT2D eigenvalue weighted by Gasteiger charge is 2.39. The number of hydrogen-bond donors (Lipinski definition) is 1. The van der Waals surface area contributed by atoms with Crippen LogP contribution < -0.4 is 5.32 Å². The molecular weight excluding hydrogens is 274 g/mol. The van der Waals surface area contributed by atoms with E-state index >= 15 is 0 Å². The molecule has 120 valence electrons. The van der Waals surface area contributed by atoms with Crippen molar-refractivity contribution in [1.29, 1.82) is 0 Å². The van der Waals surface area contributed by atoms with E-state index in [9.17, 15) is 4.79 Å². The molecule has 1 N–H and O–H groups in total. The highest BCUT2D eigenvalue weighted by atomic mass is 16.6. The summed E-state index contributed by atoms with van der Waals surface area (Å²) < 4.78 is 6.16. The second-order valence-electron chi connectivity index (χ2n) is 6.99. The van der Waals surface area contributed by atoms with Crippen molar-refractivity contribution in [2.24, 2.45) is 11.8 Å². The minimum absolute atomic E-state index is 0.0256. The highest BCUT2D eigenvalue weighted by Crippen LogP contribution is 2.37. The quantitative estimate of drug-likeness (QED) is 0.866. The van der Waals surface area contributed by atoms with Crippen molar-refractivity contribution in [2.75, 3.05) is 13.1 Å². The van der Waals surface area contributed by atoms with E-state index in [0.717, 1.165) is 63.1 Å². The molecule has 3 heteroatoms. The van der Waals surface area contributed by atoms with Gasteiger partial charge in [-0.15, -0.1) is 0 Å². The van der Waals surface area contributed by atoms with Crippen LogP contribution in [0, 0.1) is 11.8 Å². The molecule has 0 aromatic heterocycles. The van der Waals surface area contributed by atoms with Gasteiger partial charge >= 0.3 is 5.97 Å². The lowest BCUT2D eigenvalue weighted by atomic mass is 9.82. The van der Waals surface area contributed by atoms with Gasteiger partial charge in [0.05, 0.1) is 5.92 Å². The fourth-order valence-corrected chi connectivity index (χ4v) is 3.79. The van der Waals surface area contributed by atoms with E-state index < -0.39 is 5.60 Å². The van der Waals surface area contributed by atoms with E-state index in [0.29, 0.717) is 0 Å². The second-order valence-corrected chi connectivity index (χ2v) is 6.99. The Morgan fingerprint density at radius 1 is 1.09 bits per heavy atom. The van der Waals surface area contributed by atoms with Crippen LogP contribution in [0.5, 0.6) is 0 Å². The first-order chi connectivity index (χ1) is 10.7. The van der Waals surface area contributed by atoms with Gasteiger partial charge in [-0.05, 0) is 50.3 Å². The smallest absolute Gasteiger partial charge is 0.309 e. The van der Waals surface area contributed by atoms with Crippen molar-refractivity contribution in [1.82, 2.24) is 5.32 Å². The van der Waals surface area contributed by atoms with Crippen molar-refractivity contribution in [3.8, 4) is 0 Å². The normalized spacial score (nSPS) is 28.0. The van der Waals surface area contributed by atoms with Crippen LogP contribution in [-0.4, -0.2) is 19.1 Å². The number of ether oxygens (including phenoxy) is 1. The summed E-state index contributed by atoms with van der Waals surface area (Å²) in [5.74, 6) is 0.885. The monoisotopic (exact) mass is 301 g/mol. The summed E-state index contributed by atoms with van der Waals surface area (Å²) >= 11 is 0. The number of hydrogen-bond acceptors (Lipinski definition) is 3. The zero-order valence-electron chi connectivity index (χ0n) is 13.5. The van der Waals surface area contributed by atoms with Crippen LogP contribution in [0.3, 0.4) is 0 Å². The Labute approximate surface area is 133 Å². The van der Waals surface area contributed by atoms with E-state index in [1.165, 1.54) is 0 Å². The van der Waals surface area contributed by atoms with Gasteiger partial charge in [0.15, 0.2) is 0 Å². The Morgan fingerprint density at radius 3 is 2.36 bits per heavy atom. The Balaban J connectivity index is 1.74. The van der Waals surface area contributed by atoms with Crippen molar-refractivity contribution < 1.29 is 9.53 Å². The summed E-state index contributed by atoms with van der Waals surface area (Å²) in [6.45, 7) is 4.09. The molecule has 2 fully saturated rings. The molecule has 0 spiro atoms. The number of carbonyl (C=O) groups excluding carboxylic acids is 1. The molecule has 0 radical (unpaired) electrons. The van der Waals surface area contributed by atoms with Gasteiger partial charge in [-0.1, -0.05) is 37.3 Å². The summed E-state index contributed by atoms with van der Waals surface area (Å²) in [6.07, 6.45) is 6.02. The van der Waals surface area contributed by atoms with Gasteiger partial charge in [-0.2, -0.15) is 0 Å². The zero-order chi connectivity index (χ0) is 15.4. The minimum Gasteiger partial charge on any atom is -0.454 e. The maximum atomic E-state index is 12.7. The first-order valence-corrected chi connectivity index (χ1v) is 8.69. The molecule has 1 saturated heterocycles. The molecule has 0 unspecified atom stereocenters. The Bertz CT molecular complexity index is 485. The van der Waals surface area contributed by atoms with Crippen LogP contribution in [0.2, 0.25) is 0 Å². The summed E-state index contributed by atoms with van der Waals surface area (Å²) in [5.41, 5.74) is 0.723. The van der Waals surface area contributed by atoms with Gasteiger partial charge in [0, 0.05) is 12.8 Å². The summed E-state index contributed by atoms with van der Waals surface area (Å²) in [4.78, 5) is 12.7. The molecule has 1 heterocycles. The van der Waals surface area contributed by atoms with Gasteiger partial charge in [0.2, 0.25) is 0 Å². The Morgan fingerprint density at radius 2 is 1.73 bits per heavy atom. The fraction of sp³-hybridized carbons (Fsp3) is 0.632. The standard InChI is InChI=1S/C19H27NO2/c1-15-7-9-16(10-8-15)18(21)22-19(11-13-20-14-12-19)17-5-3-2-4-6-17/h2-6,15-16,20H,7-14H2,1H3. The van der Waals surface area contributed by atoms with Crippen molar-refractivity contribution in [3.05, 3.63) is 35.9 Å². The van der Waals surface area contributed by atoms with E-state index in [4.69, 9.17) is 4.74 Å². The van der Waals surface area contributed by atoms with Crippen molar-refractivity contribution in [3.63, 3.8) is 0 Å². The van der Waals surface area contributed by atoms with Gasteiger partial charge in [0.25, 0.3) is 0 Å². The van der Waals surface area contributed by atoms with E-state index in [2.05, 4.69) is 24.4 Å². The number of piperidine rings is 1. The zero-order valence-corrected chi connectivity index (χ0v) is 13.5. The van der Waals surface area contributed by atoms with Crippen molar-refractivity contribution >= 4 is 5.97 Å². The summed E-state index contributed by atoms with van der Waals surface area (Å²) in [6, 6.07) is 10.3. The summed E-state index contributed by atoms with van der Waals surface area (Å²) in [5, 5.41) is 3.38.